The Labute approximate surface area is 210 Å². The average Bonchev–Trinajstić information content (AvgIpc) is 3.61. The van der Waals surface area contributed by atoms with Crippen LogP contribution in [0.1, 0.15) is 0 Å². The SMILES string of the molecule is c1ccc2cc3c(cc2c1)c1cc(-c2ccc4cscc4c2)cc2c4cc5ccccc5cc4n3c12. The van der Waals surface area contributed by atoms with Crippen molar-refractivity contribution in [2.75, 3.05) is 0 Å². The van der Waals surface area contributed by atoms with Crippen molar-refractivity contribution < 1.29 is 0 Å². The van der Waals surface area contributed by atoms with Gasteiger partial charge in [0.05, 0.1) is 16.6 Å². The molecule has 0 aliphatic heterocycles. The van der Waals surface area contributed by atoms with Gasteiger partial charge in [-0.05, 0) is 96.7 Å². The molecule has 0 bridgehead atoms. The van der Waals surface area contributed by atoms with Crippen molar-refractivity contribution in [3.8, 4) is 11.1 Å². The zero-order valence-corrected chi connectivity index (χ0v) is 20.1. The molecule has 0 saturated carbocycles. The van der Waals surface area contributed by atoms with Crippen molar-refractivity contribution in [3.63, 3.8) is 0 Å². The van der Waals surface area contributed by atoms with Crippen LogP contribution in [0.3, 0.4) is 0 Å². The van der Waals surface area contributed by atoms with Crippen molar-refractivity contribution in [3.05, 3.63) is 114 Å². The lowest BCUT2D eigenvalue weighted by atomic mass is 9.97. The van der Waals surface area contributed by atoms with Crippen molar-refractivity contribution >= 4 is 81.7 Å². The standard InChI is InChI=1S/C34H19NS/c1-3-7-22-16-32-28(12-20(22)5-1)30-14-26(24-9-10-25-18-36-19-27(25)11-24)15-31-29-13-21-6-2-4-8-23(21)17-33(29)35(32)34(30)31/h1-19H. The smallest absolute Gasteiger partial charge is 0.0620 e. The Kier molecular flexibility index (Phi) is 3.47. The fourth-order valence-electron chi connectivity index (χ4n) is 6.23. The number of fused-ring (bicyclic) bond motifs is 9. The molecule has 0 saturated heterocycles. The number of rotatable bonds is 1. The highest BCUT2D eigenvalue weighted by molar-refractivity contribution is 7.09. The van der Waals surface area contributed by atoms with E-state index in [1.807, 2.05) is 0 Å². The van der Waals surface area contributed by atoms with Gasteiger partial charge in [0.1, 0.15) is 0 Å². The van der Waals surface area contributed by atoms with Gasteiger partial charge in [-0.25, -0.2) is 0 Å². The molecule has 2 heteroatoms. The molecular formula is C34H19NS. The first kappa shape index (κ1) is 18.9. The zero-order chi connectivity index (χ0) is 23.4. The average molecular weight is 474 g/mol. The van der Waals surface area contributed by atoms with E-state index in [-0.39, 0.29) is 0 Å². The molecule has 0 aliphatic carbocycles. The quantitative estimate of drug-likeness (QED) is 0.223. The molecule has 0 aliphatic rings. The van der Waals surface area contributed by atoms with Gasteiger partial charge in [-0.3, -0.25) is 0 Å². The van der Waals surface area contributed by atoms with Crippen LogP contribution in [0.15, 0.2) is 114 Å². The van der Waals surface area contributed by atoms with Gasteiger partial charge in [0, 0.05) is 21.5 Å². The molecule has 36 heavy (non-hydrogen) atoms. The largest absolute Gasteiger partial charge is 0.308 e. The van der Waals surface area contributed by atoms with Crippen LogP contribution in [0.2, 0.25) is 0 Å². The third kappa shape index (κ3) is 2.39. The van der Waals surface area contributed by atoms with Crippen molar-refractivity contribution in [2.24, 2.45) is 0 Å². The number of hydrogen-bond acceptors (Lipinski definition) is 1. The summed E-state index contributed by atoms with van der Waals surface area (Å²) in [4.78, 5) is 0. The van der Waals surface area contributed by atoms with Crippen LogP contribution < -0.4 is 0 Å². The van der Waals surface area contributed by atoms with Gasteiger partial charge in [0.2, 0.25) is 0 Å². The molecular weight excluding hydrogens is 454 g/mol. The molecule has 9 rings (SSSR count). The number of aromatic nitrogens is 1. The molecule has 6 aromatic carbocycles. The third-order valence-corrected chi connectivity index (χ3v) is 8.71. The minimum absolute atomic E-state index is 1.27. The first-order valence-electron chi connectivity index (χ1n) is 12.3. The summed E-state index contributed by atoms with van der Waals surface area (Å²) in [5.41, 5.74) is 6.44. The molecule has 0 unspecified atom stereocenters. The van der Waals surface area contributed by atoms with Crippen molar-refractivity contribution in [1.82, 2.24) is 4.40 Å². The molecule has 166 valence electrons. The Morgan fingerprint density at radius 1 is 0.417 bits per heavy atom. The molecule has 3 aromatic heterocycles. The lowest BCUT2D eigenvalue weighted by Gasteiger charge is -2.06. The highest BCUT2D eigenvalue weighted by atomic mass is 32.1. The molecule has 3 heterocycles. The Balaban J connectivity index is 1.51. The van der Waals surface area contributed by atoms with Crippen LogP contribution in [0, 0.1) is 0 Å². The predicted octanol–water partition coefficient (Wildman–Crippen LogP) is 10.0. The maximum Gasteiger partial charge on any atom is 0.0620 e. The molecule has 9 aromatic rings. The van der Waals surface area contributed by atoms with E-state index >= 15 is 0 Å². The lowest BCUT2D eigenvalue weighted by molar-refractivity contribution is 1.38. The second-order valence-electron chi connectivity index (χ2n) is 9.90. The lowest BCUT2D eigenvalue weighted by Crippen LogP contribution is -1.82. The zero-order valence-electron chi connectivity index (χ0n) is 19.3. The van der Waals surface area contributed by atoms with Crippen LogP contribution in [0.5, 0.6) is 0 Å². The van der Waals surface area contributed by atoms with Gasteiger partial charge in [-0.2, -0.15) is 11.3 Å². The maximum absolute atomic E-state index is 2.50. The molecule has 0 atom stereocenters. The van der Waals surface area contributed by atoms with E-state index in [9.17, 15) is 0 Å². The summed E-state index contributed by atoms with van der Waals surface area (Å²) in [6, 6.07) is 38.6. The Morgan fingerprint density at radius 3 is 1.58 bits per heavy atom. The maximum atomic E-state index is 2.50. The molecule has 0 fully saturated rings. The summed E-state index contributed by atoms with van der Waals surface area (Å²) in [5, 5.41) is 17.5. The molecule has 0 amide bonds. The van der Waals surface area contributed by atoms with E-state index < -0.39 is 0 Å². The number of nitrogens with zero attached hydrogens (tertiary/aromatic N) is 1. The first-order chi connectivity index (χ1) is 17.8. The van der Waals surface area contributed by atoms with E-state index in [0.29, 0.717) is 0 Å². The van der Waals surface area contributed by atoms with Crippen LogP contribution >= 0.6 is 11.3 Å². The monoisotopic (exact) mass is 473 g/mol. The Bertz CT molecular complexity index is 2190. The van der Waals surface area contributed by atoms with E-state index in [2.05, 4.69) is 118 Å². The predicted molar refractivity (Wildman–Crippen MR) is 157 cm³/mol. The summed E-state index contributed by atoms with van der Waals surface area (Å²) in [6.07, 6.45) is 0. The number of thiophene rings is 1. The fourth-order valence-corrected chi connectivity index (χ4v) is 7.01. The van der Waals surface area contributed by atoms with Gasteiger partial charge in [-0.1, -0.05) is 60.7 Å². The minimum Gasteiger partial charge on any atom is -0.308 e. The van der Waals surface area contributed by atoms with Gasteiger partial charge < -0.3 is 4.40 Å². The van der Waals surface area contributed by atoms with E-state index in [1.54, 1.807) is 11.3 Å². The topological polar surface area (TPSA) is 4.41 Å². The summed E-state index contributed by atoms with van der Waals surface area (Å²) < 4.78 is 2.50. The Hall–Kier alpha value is -4.40. The van der Waals surface area contributed by atoms with E-state index in [1.165, 1.54) is 81.5 Å². The van der Waals surface area contributed by atoms with E-state index in [0.717, 1.165) is 0 Å². The van der Waals surface area contributed by atoms with Gasteiger partial charge in [-0.15, -0.1) is 0 Å². The van der Waals surface area contributed by atoms with Crippen LogP contribution in [0.4, 0.5) is 0 Å². The van der Waals surface area contributed by atoms with Crippen molar-refractivity contribution in [1.29, 1.82) is 0 Å². The second-order valence-corrected chi connectivity index (χ2v) is 10.6. The molecule has 1 nitrogen and oxygen atoms in total. The normalized spacial score (nSPS) is 12.4. The third-order valence-electron chi connectivity index (χ3n) is 7.93. The molecule has 0 N–H and O–H groups in total. The highest BCUT2D eigenvalue weighted by Gasteiger charge is 2.20. The summed E-state index contributed by atoms with van der Waals surface area (Å²) in [5.74, 6) is 0. The summed E-state index contributed by atoms with van der Waals surface area (Å²) >= 11 is 1.77. The van der Waals surface area contributed by atoms with E-state index in [4.69, 9.17) is 0 Å². The van der Waals surface area contributed by atoms with Crippen LogP contribution in [-0.2, 0) is 0 Å². The van der Waals surface area contributed by atoms with Gasteiger partial charge >= 0.3 is 0 Å². The minimum atomic E-state index is 1.27. The molecule has 0 radical (unpaired) electrons. The van der Waals surface area contributed by atoms with Gasteiger partial charge in [0.25, 0.3) is 0 Å². The first-order valence-corrected chi connectivity index (χ1v) is 13.3. The summed E-state index contributed by atoms with van der Waals surface area (Å²) in [6.45, 7) is 0. The van der Waals surface area contributed by atoms with Crippen LogP contribution in [0.25, 0.3) is 81.5 Å². The number of benzene rings is 6. The van der Waals surface area contributed by atoms with Crippen molar-refractivity contribution in [2.45, 2.75) is 0 Å². The highest BCUT2D eigenvalue weighted by Crippen LogP contribution is 2.44. The summed E-state index contributed by atoms with van der Waals surface area (Å²) in [7, 11) is 0. The second kappa shape index (κ2) is 6.63. The Morgan fingerprint density at radius 2 is 0.972 bits per heavy atom. The fraction of sp³-hybridized carbons (Fsp3) is 0. The van der Waals surface area contributed by atoms with Gasteiger partial charge in [0.15, 0.2) is 0 Å². The molecule has 0 spiro atoms. The van der Waals surface area contributed by atoms with Crippen LogP contribution in [-0.4, -0.2) is 4.40 Å². The number of hydrogen-bond donors (Lipinski definition) is 0.